The van der Waals surface area contributed by atoms with Gasteiger partial charge in [-0.05, 0) is 31.2 Å². The van der Waals surface area contributed by atoms with Gasteiger partial charge in [0.2, 0.25) is 0 Å². The fourth-order valence-corrected chi connectivity index (χ4v) is 3.74. The van der Waals surface area contributed by atoms with Crippen molar-refractivity contribution in [3.63, 3.8) is 0 Å². The molecule has 0 aliphatic carbocycles. The predicted molar refractivity (Wildman–Crippen MR) is 76.3 cm³/mol. The fraction of sp³-hybridized carbons (Fsp3) is 0.0833. The van der Waals surface area contributed by atoms with E-state index in [0.29, 0.717) is 16.9 Å². The first-order valence-corrected chi connectivity index (χ1v) is 7.98. The van der Waals surface area contributed by atoms with E-state index in [0.717, 1.165) is 5.51 Å². The summed E-state index contributed by atoms with van der Waals surface area (Å²) in [4.78, 5) is 25.6. The summed E-state index contributed by atoms with van der Waals surface area (Å²) in [6.07, 6.45) is 0. The number of hydrogen-bond acceptors (Lipinski definition) is 6. The van der Waals surface area contributed by atoms with Crippen molar-refractivity contribution >= 4 is 38.8 Å². The molecule has 0 spiro atoms. The smallest absolute Gasteiger partial charge is 0.356 e. The first-order valence-electron chi connectivity index (χ1n) is 5.62. The van der Waals surface area contributed by atoms with Crippen LogP contribution in [-0.2, 0) is 10.0 Å². The van der Waals surface area contributed by atoms with E-state index >= 15 is 0 Å². The molecule has 0 aliphatic heterocycles. The molecular weight excluding hydrogens is 316 g/mol. The molecule has 1 heterocycles. The number of aromatic carboxylic acids is 1. The van der Waals surface area contributed by atoms with Gasteiger partial charge in [-0.2, -0.15) is 0 Å². The van der Waals surface area contributed by atoms with Crippen LogP contribution in [0.4, 0.5) is 5.69 Å². The van der Waals surface area contributed by atoms with Crippen molar-refractivity contribution in [1.82, 2.24) is 4.98 Å². The molecule has 0 unspecified atom stereocenters. The first kappa shape index (κ1) is 15.1. The molecule has 21 heavy (non-hydrogen) atoms. The Morgan fingerprint density at radius 1 is 1.24 bits per heavy atom. The number of carboxylic acid groups (broad SMARTS) is 1. The van der Waals surface area contributed by atoms with Gasteiger partial charge in [0, 0.05) is 11.3 Å². The predicted octanol–water partition coefficient (Wildman–Crippen LogP) is 1.84. The number of rotatable bonds is 5. The topological polar surface area (TPSA) is 113 Å². The Morgan fingerprint density at radius 3 is 2.38 bits per heavy atom. The van der Waals surface area contributed by atoms with Crippen molar-refractivity contribution < 1.29 is 23.1 Å². The number of sulfonamides is 1. The minimum absolute atomic E-state index is 0.139. The second-order valence-electron chi connectivity index (χ2n) is 4.03. The molecule has 0 amide bonds. The van der Waals surface area contributed by atoms with Gasteiger partial charge in [0.05, 0.1) is 5.51 Å². The van der Waals surface area contributed by atoms with E-state index in [9.17, 15) is 18.0 Å². The third-order valence-corrected chi connectivity index (χ3v) is 5.28. The van der Waals surface area contributed by atoms with Gasteiger partial charge in [0.15, 0.2) is 15.7 Å². The van der Waals surface area contributed by atoms with Crippen LogP contribution in [0.1, 0.15) is 27.8 Å². The quantitative estimate of drug-likeness (QED) is 0.811. The van der Waals surface area contributed by atoms with Gasteiger partial charge in [-0.25, -0.2) is 18.2 Å². The highest BCUT2D eigenvalue weighted by atomic mass is 32.2. The number of Topliss-reactive ketones (excluding diaryl/α,β-unsaturated/α-hetero) is 1. The molecular formula is C12H10N2O5S2. The standard InChI is InChI=1S/C12H10N2O5S2/c1-7(15)8-2-4-9(5-3-8)14-21(18,19)12-10(11(16)17)13-6-20-12/h2-6,14H,1H3,(H,16,17). The van der Waals surface area contributed by atoms with E-state index in [-0.39, 0.29) is 15.7 Å². The zero-order valence-electron chi connectivity index (χ0n) is 10.7. The molecule has 0 fully saturated rings. The number of carbonyl (C=O) groups excluding carboxylic acids is 1. The van der Waals surface area contributed by atoms with Gasteiger partial charge in [-0.1, -0.05) is 0 Å². The summed E-state index contributed by atoms with van der Waals surface area (Å²) >= 11 is 0.716. The maximum Gasteiger partial charge on any atom is 0.356 e. The zero-order chi connectivity index (χ0) is 15.6. The molecule has 0 bridgehead atoms. The van der Waals surface area contributed by atoms with Gasteiger partial charge in [0.25, 0.3) is 10.0 Å². The Labute approximate surface area is 124 Å². The van der Waals surface area contributed by atoms with Crippen LogP contribution >= 0.6 is 11.3 Å². The van der Waals surface area contributed by atoms with Crippen molar-refractivity contribution in [3.8, 4) is 0 Å². The molecule has 2 N–H and O–H groups in total. The van der Waals surface area contributed by atoms with Crippen LogP contribution in [0, 0.1) is 0 Å². The summed E-state index contributed by atoms with van der Waals surface area (Å²) in [5.41, 5.74) is 1.30. The normalized spacial score (nSPS) is 11.1. The number of thiazole rings is 1. The van der Waals surface area contributed by atoms with Crippen molar-refractivity contribution in [3.05, 3.63) is 41.0 Å². The number of carboxylic acids is 1. The lowest BCUT2D eigenvalue weighted by molar-refractivity contribution is 0.0687. The Hall–Kier alpha value is -2.26. The van der Waals surface area contributed by atoms with Crippen LogP contribution < -0.4 is 4.72 Å². The molecule has 0 atom stereocenters. The van der Waals surface area contributed by atoms with Gasteiger partial charge >= 0.3 is 5.97 Å². The summed E-state index contributed by atoms with van der Waals surface area (Å²) in [5.74, 6) is -1.55. The summed E-state index contributed by atoms with van der Waals surface area (Å²) < 4.78 is 26.2. The number of aromatic nitrogens is 1. The van der Waals surface area contributed by atoms with Crippen LogP contribution in [0.15, 0.2) is 34.0 Å². The van der Waals surface area contributed by atoms with E-state index < -0.39 is 21.7 Å². The van der Waals surface area contributed by atoms with Crippen LogP contribution in [0.2, 0.25) is 0 Å². The number of carbonyl (C=O) groups is 2. The van der Waals surface area contributed by atoms with Crippen molar-refractivity contribution in [2.45, 2.75) is 11.1 Å². The van der Waals surface area contributed by atoms with Crippen molar-refractivity contribution in [1.29, 1.82) is 0 Å². The number of nitrogens with zero attached hydrogens (tertiary/aromatic N) is 1. The highest BCUT2D eigenvalue weighted by Crippen LogP contribution is 2.23. The molecule has 1 aromatic heterocycles. The Kier molecular flexibility index (Phi) is 4.05. The van der Waals surface area contributed by atoms with Gasteiger partial charge in [0.1, 0.15) is 0 Å². The minimum atomic E-state index is -4.04. The van der Waals surface area contributed by atoms with E-state index in [2.05, 4.69) is 9.71 Å². The molecule has 2 aromatic rings. The van der Waals surface area contributed by atoms with Gasteiger partial charge in [-0.15, -0.1) is 11.3 Å². The largest absolute Gasteiger partial charge is 0.476 e. The molecule has 0 aliphatic rings. The average molecular weight is 326 g/mol. The molecule has 2 rings (SSSR count). The minimum Gasteiger partial charge on any atom is -0.476 e. The number of anilines is 1. The number of benzene rings is 1. The van der Waals surface area contributed by atoms with E-state index in [1.54, 1.807) is 0 Å². The Bertz CT molecular complexity index is 793. The summed E-state index contributed by atoms with van der Waals surface area (Å²) in [6, 6.07) is 5.81. The number of hydrogen-bond donors (Lipinski definition) is 2. The van der Waals surface area contributed by atoms with Crippen LogP contribution in [-0.4, -0.2) is 30.3 Å². The fourth-order valence-electron chi connectivity index (χ4n) is 1.54. The highest BCUT2D eigenvalue weighted by molar-refractivity contribution is 7.94. The molecule has 7 nitrogen and oxygen atoms in total. The lowest BCUT2D eigenvalue weighted by atomic mass is 10.1. The first-order chi connectivity index (χ1) is 9.81. The molecule has 9 heteroatoms. The molecule has 0 radical (unpaired) electrons. The molecule has 1 aromatic carbocycles. The van der Waals surface area contributed by atoms with Gasteiger partial charge < -0.3 is 5.11 Å². The third kappa shape index (κ3) is 3.26. The molecule has 0 saturated heterocycles. The van der Waals surface area contributed by atoms with Crippen molar-refractivity contribution in [2.75, 3.05) is 4.72 Å². The van der Waals surface area contributed by atoms with Crippen LogP contribution in [0.25, 0.3) is 0 Å². The zero-order valence-corrected chi connectivity index (χ0v) is 12.4. The second-order valence-corrected chi connectivity index (χ2v) is 6.77. The maximum atomic E-state index is 12.1. The van der Waals surface area contributed by atoms with Crippen molar-refractivity contribution in [2.24, 2.45) is 0 Å². The Morgan fingerprint density at radius 2 is 1.86 bits per heavy atom. The van der Waals surface area contributed by atoms with Crippen LogP contribution in [0.5, 0.6) is 0 Å². The number of nitrogens with one attached hydrogen (secondary N) is 1. The summed E-state index contributed by atoms with van der Waals surface area (Å²) in [7, 11) is -4.04. The summed E-state index contributed by atoms with van der Waals surface area (Å²) in [6.45, 7) is 1.40. The second kappa shape index (κ2) is 5.62. The molecule has 110 valence electrons. The summed E-state index contributed by atoms with van der Waals surface area (Å²) in [5, 5.41) is 8.90. The van der Waals surface area contributed by atoms with Gasteiger partial charge in [-0.3, -0.25) is 9.52 Å². The van der Waals surface area contributed by atoms with E-state index in [1.807, 2.05) is 0 Å². The highest BCUT2D eigenvalue weighted by Gasteiger charge is 2.25. The average Bonchev–Trinajstić information content (AvgIpc) is 2.89. The molecule has 0 saturated carbocycles. The monoisotopic (exact) mass is 326 g/mol. The lowest BCUT2D eigenvalue weighted by Crippen LogP contribution is -2.15. The van der Waals surface area contributed by atoms with E-state index in [1.165, 1.54) is 31.2 Å². The SMILES string of the molecule is CC(=O)c1ccc(NS(=O)(=O)c2scnc2C(=O)O)cc1. The van der Waals surface area contributed by atoms with Crippen LogP contribution in [0.3, 0.4) is 0 Å². The Balaban J connectivity index is 2.31. The third-order valence-electron chi connectivity index (χ3n) is 2.53. The maximum absolute atomic E-state index is 12.1. The van der Waals surface area contributed by atoms with E-state index in [4.69, 9.17) is 5.11 Å². The lowest BCUT2D eigenvalue weighted by Gasteiger charge is -2.07. The number of ketones is 1.